The van der Waals surface area contributed by atoms with Gasteiger partial charge in [-0.25, -0.2) is 0 Å². The SMILES string of the molecule is NCCC(=O)Nc1cc(Cl)cc(C(=O)N2CCc3c([nH]c4ccc(Cl)cc34)C2)c1.O=CO. The van der Waals surface area contributed by atoms with Crippen LogP contribution in [-0.4, -0.2) is 46.4 Å². The van der Waals surface area contributed by atoms with E-state index >= 15 is 0 Å². The molecule has 1 aliphatic heterocycles. The number of halogens is 2. The van der Waals surface area contributed by atoms with E-state index in [1.165, 1.54) is 5.56 Å². The molecule has 10 heteroatoms. The van der Waals surface area contributed by atoms with Gasteiger partial charge in [0.25, 0.3) is 12.4 Å². The van der Waals surface area contributed by atoms with Gasteiger partial charge in [0.1, 0.15) is 0 Å². The number of fused-ring (bicyclic) bond motifs is 3. The van der Waals surface area contributed by atoms with Gasteiger partial charge < -0.3 is 26.0 Å². The van der Waals surface area contributed by atoms with E-state index in [2.05, 4.69) is 10.3 Å². The van der Waals surface area contributed by atoms with E-state index in [9.17, 15) is 9.59 Å². The van der Waals surface area contributed by atoms with Crippen molar-refractivity contribution in [2.24, 2.45) is 5.73 Å². The number of anilines is 1. The minimum Gasteiger partial charge on any atom is -0.483 e. The van der Waals surface area contributed by atoms with Crippen molar-refractivity contribution in [3.8, 4) is 0 Å². The summed E-state index contributed by atoms with van der Waals surface area (Å²) in [4.78, 5) is 38.4. The Morgan fingerprint density at radius 2 is 1.94 bits per heavy atom. The first kappa shape index (κ1) is 23.6. The summed E-state index contributed by atoms with van der Waals surface area (Å²) in [5.41, 5.74) is 9.55. The third-order valence-electron chi connectivity index (χ3n) is 5.02. The standard InChI is InChI=1S/C21H20Cl2N4O2.CH2O2/c22-13-1-2-18-17(10-13)16-4-6-27(11-19(16)26-18)21(29)12-7-14(23)9-15(8-12)25-20(28)3-5-24;2-1-3/h1-2,7-10,26H,3-6,11,24H2,(H,25,28);1H,(H,2,3). The second kappa shape index (κ2) is 10.5. The molecule has 1 aromatic heterocycles. The second-order valence-electron chi connectivity index (χ2n) is 7.17. The predicted molar refractivity (Wildman–Crippen MR) is 124 cm³/mol. The van der Waals surface area contributed by atoms with Crippen molar-refractivity contribution in [2.75, 3.05) is 18.4 Å². The van der Waals surface area contributed by atoms with Crippen LogP contribution < -0.4 is 11.1 Å². The number of benzene rings is 2. The quantitative estimate of drug-likeness (QED) is 0.427. The largest absolute Gasteiger partial charge is 0.483 e. The zero-order valence-corrected chi connectivity index (χ0v) is 18.5. The number of rotatable bonds is 4. The van der Waals surface area contributed by atoms with Gasteiger partial charge in [0.15, 0.2) is 0 Å². The van der Waals surface area contributed by atoms with Crippen LogP contribution in [0.5, 0.6) is 0 Å². The lowest BCUT2D eigenvalue weighted by Crippen LogP contribution is -2.35. The van der Waals surface area contributed by atoms with Crippen LogP contribution in [0, 0.1) is 0 Å². The van der Waals surface area contributed by atoms with Crippen LogP contribution in [0.2, 0.25) is 10.0 Å². The third kappa shape index (κ3) is 5.40. The highest BCUT2D eigenvalue weighted by Crippen LogP contribution is 2.30. The van der Waals surface area contributed by atoms with Crippen molar-refractivity contribution in [2.45, 2.75) is 19.4 Å². The van der Waals surface area contributed by atoms with Crippen LogP contribution >= 0.6 is 23.2 Å². The van der Waals surface area contributed by atoms with Crippen molar-refractivity contribution in [3.63, 3.8) is 0 Å². The first-order valence-corrected chi connectivity index (χ1v) is 10.6. The van der Waals surface area contributed by atoms with Gasteiger partial charge in [-0.3, -0.25) is 14.4 Å². The van der Waals surface area contributed by atoms with E-state index < -0.39 is 0 Å². The van der Waals surface area contributed by atoms with E-state index in [1.54, 1.807) is 23.1 Å². The Kier molecular flexibility index (Phi) is 7.74. The van der Waals surface area contributed by atoms with Gasteiger partial charge in [0.2, 0.25) is 5.91 Å². The van der Waals surface area contributed by atoms with Crippen molar-refractivity contribution in [3.05, 3.63) is 63.3 Å². The molecule has 0 spiro atoms. The third-order valence-corrected chi connectivity index (χ3v) is 5.48. The summed E-state index contributed by atoms with van der Waals surface area (Å²) in [7, 11) is 0. The summed E-state index contributed by atoms with van der Waals surface area (Å²) in [6, 6.07) is 10.6. The summed E-state index contributed by atoms with van der Waals surface area (Å²) >= 11 is 12.3. The molecule has 1 aliphatic rings. The highest BCUT2D eigenvalue weighted by atomic mass is 35.5. The molecule has 0 saturated heterocycles. The number of H-pyrrole nitrogens is 1. The lowest BCUT2D eigenvalue weighted by molar-refractivity contribution is -0.123. The number of amides is 2. The molecule has 168 valence electrons. The van der Waals surface area contributed by atoms with Crippen molar-refractivity contribution in [1.29, 1.82) is 0 Å². The number of hydrogen-bond donors (Lipinski definition) is 4. The van der Waals surface area contributed by atoms with Crippen LogP contribution in [0.25, 0.3) is 10.9 Å². The molecule has 0 aliphatic carbocycles. The van der Waals surface area contributed by atoms with E-state index in [1.807, 2.05) is 18.2 Å². The van der Waals surface area contributed by atoms with Crippen LogP contribution in [0.4, 0.5) is 5.69 Å². The molecular weight excluding hydrogens is 455 g/mol. The molecule has 2 amide bonds. The second-order valence-corrected chi connectivity index (χ2v) is 8.04. The van der Waals surface area contributed by atoms with Gasteiger partial charge in [0, 0.05) is 57.4 Å². The van der Waals surface area contributed by atoms with Crippen molar-refractivity contribution < 1.29 is 19.5 Å². The summed E-state index contributed by atoms with van der Waals surface area (Å²) < 4.78 is 0. The topological polar surface area (TPSA) is 129 Å². The maximum absolute atomic E-state index is 13.1. The zero-order valence-electron chi connectivity index (χ0n) is 17.0. The Bertz CT molecular complexity index is 1160. The molecule has 8 nitrogen and oxygen atoms in total. The fourth-order valence-corrected chi connectivity index (χ4v) is 4.12. The van der Waals surface area contributed by atoms with Crippen molar-refractivity contribution in [1.82, 2.24) is 9.88 Å². The van der Waals surface area contributed by atoms with Gasteiger partial charge in [-0.15, -0.1) is 0 Å². The minimum absolute atomic E-state index is 0.135. The van der Waals surface area contributed by atoms with E-state index in [4.69, 9.17) is 38.8 Å². The molecule has 0 saturated carbocycles. The number of aromatic amines is 1. The maximum Gasteiger partial charge on any atom is 0.290 e. The van der Waals surface area contributed by atoms with E-state index in [-0.39, 0.29) is 31.3 Å². The average molecular weight is 477 g/mol. The number of hydrogen-bond acceptors (Lipinski definition) is 4. The van der Waals surface area contributed by atoms with Crippen LogP contribution in [0.1, 0.15) is 28.0 Å². The summed E-state index contributed by atoms with van der Waals surface area (Å²) in [6.45, 7) is 1.07. The summed E-state index contributed by atoms with van der Waals surface area (Å²) in [5, 5.41) is 11.8. The van der Waals surface area contributed by atoms with Crippen LogP contribution in [-0.2, 0) is 22.6 Å². The lowest BCUT2D eigenvalue weighted by atomic mass is 10.0. The van der Waals surface area contributed by atoms with Gasteiger partial charge in [0.05, 0.1) is 6.54 Å². The summed E-state index contributed by atoms with van der Waals surface area (Å²) in [6.07, 6.45) is 0.942. The summed E-state index contributed by atoms with van der Waals surface area (Å²) in [5.74, 6) is -0.350. The number of carbonyl (C=O) groups is 3. The van der Waals surface area contributed by atoms with Gasteiger partial charge in [-0.2, -0.15) is 0 Å². The molecule has 2 aromatic carbocycles. The minimum atomic E-state index is -0.250. The normalized spacial score (nSPS) is 12.5. The molecular formula is C22H22Cl2N4O4. The molecule has 0 atom stereocenters. The Hall–Kier alpha value is -3.07. The monoisotopic (exact) mass is 476 g/mol. The van der Waals surface area contributed by atoms with Crippen LogP contribution in [0.15, 0.2) is 36.4 Å². The van der Waals surface area contributed by atoms with Gasteiger partial charge >= 0.3 is 0 Å². The van der Waals surface area contributed by atoms with Gasteiger partial charge in [-0.1, -0.05) is 23.2 Å². The first-order chi connectivity index (χ1) is 15.4. The fourth-order valence-electron chi connectivity index (χ4n) is 3.71. The molecule has 5 N–H and O–H groups in total. The molecule has 0 bridgehead atoms. The van der Waals surface area contributed by atoms with Crippen LogP contribution in [0.3, 0.4) is 0 Å². The number of aromatic nitrogens is 1. The number of carboxylic acid groups (broad SMARTS) is 1. The predicted octanol–water partition coefficient (Wildman–Crippen LogP) is 3.66. The number of nitrogens with zero attached hydrogens (tertiary/aromatic N) is 1. The fraction of sp³-hybridized carbons (Fsp3) is 0.227. The first-order valence-electron chi connectivity index (χ1n) is 9.83. The van der Waals surface area contributed by atoms with E-state index in [0.29, 0.717) is 34.4 Å². The molecule has 0 radical (unpaired) electrons. The average Bonchev–Trinajstić information content (AvgIpc) is 3.10. The zero-order chi connectivity index (χ0) is 23.3. The smallest absolute Gasteiger partial charge is 0.290 e. The molecule has 3 aromatic rings. The van der Waals surface area contributed by atoms with Gasteiger partial charge in [-0.05, 0) is 48.4 Å². The lowest BCUT2D eigenvalue weighted by Gasteiger charge is -2.27. The Morgan fingerprint density at radius 3 is 2.66 bits per heavy atom. The molecule has 0 fully saturated rings. The maximum atomic E-state index is 13.1. The Labute approximate surface area is 194 Å². The molecule has 0 unspecified atom stereocenters. The Morgan fingerprint density at radius 1 is 1.19 bits per heavy atom. The number of carbonyl (C=O) groups excluding carboxylic acids is 2. The van der Waals surface area contributed by atoms with E-state index in [0.717, 1.165) is 23.0 Å². The number of nitrogens with two attached hydrogens (primary N) is 1. The highest BCUT2D eigenvalue weighted by Gasteiger charge is 2.25. The Balaban J connectivity index is 0.000000913. The molecule has 2 heterocycles. The number of nitrogens with one attached hydrogen (secondary N) is 2. The van der Waals surface area contributed by atoms with Crippen molar-refractivity contribution >= 4 is 58.1 Å². The highest BCUT2D eigenvalue weighted by molar-refractivity contribution is 6.31. The molecule has 32 heavy (non-hydrogen) atoms. The molecule has 4 rings (SSSR count).